The molecule has 1 aromatic rings. The van der Waals surface area contributed by atoms with Gasteiger partial charge in [0.05, 0.1) is 0 Å². The number of hydrogen-bond donors (Lipinski definition) is 1. The molecule has 86 valence electrons. The van der Waals surface area contributed by atoms with Crippen molar-refractivity contribution in [1.29, 1.82) is 0 Å². The van der Waals surface area contributed by atoms with Gasteiger partial charge >= 0.3 is 0 Å². The smallest absolute Gasteiger partial charge is 0.251 e. The second-order valence-corrected chi connectivity index (χ2v) is 5.46. The zero-order valence-corrected chi connectivity index (χ0v) is 11.0. The third kappa shape index (κ3) is 2.64. The van der Waals surface area contributed by atoms with Gasteiger partial charge < -0.3 is 5.32 Å². The van der Waals surface area contributed by atoms with Gasteiger partial charge in [0.2, 0.25) is 0 Å². The first-order chi connectivity index (χ1) is 7.65. The van der Waals surface area contributed by atoms with E-state index in [4.69, 9.17) is 0 Å². The van der Waals surface area contributed by atoms with Crippen LogP contribution in [0, 0.1) is 5.41 Å². The lowest BCUT2D eigenvalue weighted by Gasteiger charge is -2.13. The molecular weight excluding hydrogens is 266 g/mol. The van der Waals surface area contributed by atoms with Crippen LogP contribution in [-0.4, -0.2) is 12.5 Å². The van der Waals surface area contributed by atoms with Gasteiger partial charge in [-0.3, -0.25) is 4.79 Å². The quantitative estimate of drug-likeness (QED) is 0.901. The Balaban J connectivity index is 1.93. The van der Waals surface area contributed by atoms with Crippen LogP contribution in [0.4, 0.5) is 0 Å². The van der Waals surface area contributed by atoms with Crippen molar-refractivity contribution in [2.24, 2.45) is 5.41 Å². The van der Waals surface area contributed by atoms with Crippen molar-refractivity contribution in [2.75, 3.05) is 6.54 Å². The highest BCUT2D eigenvalue weighted by Gasteiger charge is 2.40. The molecule has 2 rings (SSSR count). The summed E-state index contributed by atoms with van der Waals surface area (Å²) in [7, 11) is 0. The zero-order chi connectivity index (χ0) is 11.6. The molecule has 0 radical (unpaired) electrons. The second-order valence-electron chi connectivity index (χ2n) is 4.55. The largest absolute Gasteiger partial charge is 0.351 e. The van der Waals surface area contributed by atoms with Crippen molar-refractivity contribution in [3.8, 4) is 0 Å². The first-order valence-corrected chi connectivity index (χ1v) is 6.48. The lowest BCUT2D eigenvalue weighted by Crippen LogP contribution is -2.29. The Morgan fingerprint density at radius 1 is 1.50 bits per heavy atom. The van der Waals surface area contributed by atoms with Gasteiger partial charge in [-0.1, -0.05) is 28.9 Å². The number of carbonyl (C=O) groups excluding carboxylic acids is 1. The van der Waals surface area contributed by atoms with E-state index in [1.165, 1.54) is 12.8 Å². The van der Waals surface area contributed by atoms with E-state index in [1.807, 2.05) is 24.3 Å². The standard InChI is InChI=1S/C13H16BrNO/c1-2-13(6-7-13)9-15-12(16)10-4-3-5-11(14)8-10/h3-5,8H,2,6-7,9H2,1H3,(H,15,16). The van der Waals surface area contributed by atoms with Crippen molar-refractivity contribution >= 4 is 21.8 Å². The van der Waals surface area contributed by atoms with Crippen LogP contribution in [0.1, 0.15) is 36.5 Å². The highest BCUT2D eigenvalue weighted by atomic mass is 79.9. The molecule has 2 nitrogen and oxygen atoms in total. The van der Waals surface area contributed by atoms with Crippen molar-refractivity contribution in [2.45, 2.75) is 26.2 Å². The third-order valence-electron chi connectivity index (χ3n) is 3.42. The van der Waals surface area contributed by atoms with Crippen molar-refractivity contribution in [1.82, 2.24) is 5.32 Å². The zero-order valence-electron chi connectivity index (χ0n) is 9.42. The number of carbonyl (C=O) groups is 1. The van der Waals surface area contributed by atoms with Gasteiger partial charge in [0.25, 0.3) is 5.91 Å². The summed E-state index contributed by atoms with van der Waals surface area (Å²) in [6.45, 7) is 3.01. The summed E-state index contributed by atoms with van der Waals surface area (Å²) in [5.74, 6) is 0.0287. The normalized spacial score (nSPS) is 16.9. The van der Waals surface area contributed by atoms with E-state index < -0.39 is 0 Å². The summed E-state index contributed by atoms with van der Waals surface area (Å²) in [4.78, 5) is 11.9. The van der Waals surface area contributed by atoms with E-state index in [-0.39, 0.29) is 5.91 Å². The Hall–Kier alpha value is -0.830. The molecule has 1 fully saturated rings. The summed E-state index contributed by atoms with van der Waals surface area (Å²) in [5, 5.41) is 3.02. The van der Waals surface area contributed by atoms with E-state index in [2.05, 4.69) is 28.2 Å². The molecule has 0 aromatic heterocycles. The average molecular weight is 282 g/mol. The number of hydrogen-bond acceptors (Lipinski definition) is 1. The van der Waals surface area contributed by atoms with Crippen molar-refractivity contribution < 1.29 is 4.79 Å². The highest BCUT2D eigenvalue weighted by molar-refractivity contribution is 9.10. The number of halogens is 1. The van der Waals surface area contributed by atoms with E-state index in [0.29, 0.717) is 5.41 Å². The van der Waals surface area contributed by atoms with Crippen LogP contribution in [-0.2, 0) is 0 Å². The second kappa shape index (κ2) is 4.58. The fourth-order valence-corrected chi connectivity index (χ4v) is 2.23. The van der Waals surface area contributed by atoms with E-state index in [9.17, 15) is 4.79 Å². The molecule has 1 aliphatic rings. The van der Waals surface area contributed by atoms with E-state index in [0.717, 1.165) is 23.0 Å². The lowest BCUT2D eigenvalue weighted by molar-refractivity contribution is 0.0944. The monoisotopic (exact) mass is 281 g/mol. The van der Waals surface area contributed by atoms with Crippen LogP contribution >= 0.6 is 15.9 Å². The van der Waals surface area contributed by atoms with Gasteiger partial charge in [0.15, 0.2) is 0 Å². The fourth-order valence-electron chi connectivity index (χ4n) is 1.83. The van der Waals surface area contributed by atoms with Crippen molar-refractivity contribution in [3.05, 3.63) is 34.3 Å². The predicted octanol–water partition coefficient (Wildman–Crippen LogP) is 3.37. The summed E-state index contributed by atoms with van der Waals surface area (Å²) in [6.07, 6.45) is 3.66. The average Bonchev–Trinajstić information content (AvgIpc) is 3.07. The molecule has 0 saturated heterocycles. The first-order valence-electron chi connectivity index (χ1n) is 5.69. The molecule has 3 heteroatoms. The summed E-state index contributed by atoms with van der Waals surface area (Å²) < 4.78 is 0.941. The van der Waals surface area contributed by atoms with Gasteiger partial charge in [0, 0.05) is 16.6 Å². The molecule has 1 aromatic carbocycles. The van der Waals surface area contributed by atoms with Gasteiger partial charge in [-0.2, -0.15) is 0 Å². The summed E-state index contributed by atoms with van der Waals surface area (Å²) in [5.41, 5.74) is 1.13. The molecular formula is C13H16BrNO. The van der Waals surface area contributed by atoms with Crippen LogP contribution < -0.4 is 5.32 Å². The van der Waals surface area contributed by atoms with E-state index in [1.54, 1.807) is 0 Å². The minimum absolute atomic E-state index is 0.0287. The van der Waals surface area contributed by atoms with Crippen LogP contribution in [0.15, 0.2) is 28.7 Å². The minimum atomic E-state index is 0.0287. The molecule has 0 bridgehead atoms. The maximum Gasteiger partial charge on any atom is 0.251 e. The molecule has 1 saturated carbocycles. The van der Waals surface area contributed by atoms with Crippen LogP contribution in [0.3, 0.4) is 0 Å². The van der Waals surface area contributed by atoms with Crippen LogP contribution in [0.5, 0.6) is 0 Å². The Kier molecular flexibility index (Phi) is 3.33. The Morgan fingerprint density at radius 2 is 2.25 bits per heavy atom. The number of benzene rings is 1. The summed E-state index contributed by atoms with van der Waals surface area (Å²) in [6, 6.07) is 7.49. The molecule has 16 heavy (non-hydrogen) atoms. The summed E-state index contributed by atoms with van der Waals surface area (Å²) >= 11 is 3.37. The molecule has 0 aliphatic heterocycles. The number of nitrogens with one attached hydrogen (secondary N) is 1. The van der Waals surface area contributed by atoms with Gasteiger partial charge in [-0.05, 0) is 42.9 Å². The van der Waals surface area contributed by atoms with Gasteiger partial charge in [0.1, 0.15) is 0 Å². The molecule has 1 amide bonds. The SMILES string of the molecule is CCC1(CNC(=O)c2cccc(Br)c2)CC1. The molecule has 0 heterocycles. The van der Waals surface area contributed by atoms with Crippen LogP contribution in [0.25, 0.3) is 0 Å². The topological polar surface area (TPSA) is 29.1 Å². The first kappa shape index (κ1) is 11.6. The van der Waals surface area contributed by atoms with Crippen LogP contribution in [0.2, 0.25) is 0 Å². The molecule has 0 spiro atoms. The van der Waals surface area contributed by atoms with Crippen molar-refractivity contribution in [3.63, 3.8) is 0 Å². The Bertz CT molecular complexity index is 399. The predicted molar refractivity (Wildman–Crippen MR) is 68.4 cm³/mol. The minimum Gasteiger partial charge on any atom is -0.351 e. The molecule has 0 unspecified atom stereocenters. The number of amides is 1. The molecule has 0 atom stereocenters. The Labute approximate surface area is 105 Å². The maximum atomic E-state index is 11.9. The Morgan fingerprint density at radius 3 is 2.81 bits per heavy atom. The van der Waals surface area contributed by atoms with E-state index >= 15 is 0 Å². The van der Waals surface area contributed by atoms with Gasteiger partial charge in [-0.15, -0.1) is 0 Å². The molecule has 1 aliphatic carbocycles. The third-order valence-corrected chi connectivity index (χ3v) is 3.91. The van der Waals surface area contributed by atoms with Gasteiger partial charge in [-0.25, -0.2) is 0 Å². The molecule has 1 N–H and O–H groups in total. The number of rotatable bonds is 4. The highest BCUT2D eigenvalue weighted by Crippen LogP contribution is 2.47. The fraction of sp³-hybridized carbons (Fsp3) is 0.462. The maximum absolute atomic E-state index is 11.9. The lowest BCUT2D eigenvalue weighted by atomic mass is 10.0.